The Bertz CT molecular complexity index is 836. The lowest BCUT2D eigenvalue weighted by molar-refractivity contribution is -0.662. The summed E-state index contributed by atoms with van der Waals surface area (Å²) in [5.74, 6) is 1.98. The first-order valence-electron chi connectivity index (χ1n) is 11.1. The highest BCUT2D eigenvalue weighted by Gasteiger charge is 2.19. The van der Waals surface area contributed by atoms with Crippen LogP contribution in [0.5, 0.6) is 5.75 Å². The smallest absolute Gasteiger partial charge is 0.233 e. The van der Waals surface area contributed by atoms with E-state index in [1.165, 1.54) is 25.7 Å². The fraction of sp³-hybridized carbons (Fsp3) is 0.571. The number of hydrogen-bond donors (Lipinski definition) is 5. The number of aromatic nitrogens is 3. The van der Waals surface area contributed by atoms with E-state index in [0.717, 1.165) is 49.8 Å². The zero-order valence-electron chi connectivity index (χ0n) is 17.4. The Hall–Kier alpha value is -2.18. The molecule has 1 aliphatic carbocycles. The zero-order chi connectivity index (χ0) is 20.8. The van der Waals surface area contributed by atoms with Crippen LogP contribution < -0.4 is 26.6 Å². The number of quaternary nitrogens is 1. The molecule has 1 saturated carbocycles. The molecule has 1 aromatic heterocycles. The number of nitrogens with two attached hydrogens (primary N) is 1. The number of phenolic OH excluding ortho intramolecular Hbond substituents is 1. The van der Waals surface area contributed by atoms with Crippen molar-refractivity contribution in [1.29, 1.82) is 0 Å². The maximum Gasteiger partial charge on any atom is 0.233 e. The molecule has 1 saturated heterocycles. The van der Waals surface area contributed by atoms with Crippen LogP contribution in [0.2, 0.25) is 0 Å². The average Bonchev–Trinajstić information content (AvgIpc) is 3.00. The molecule has 4 rings (SSSR count). The lowest BCUT2D eigenvalue weighted by atomic mass is 10.1. The van der Waals surface area contributed by atoms with Crippen molar-refractivity contribution in [2.75, 3.05) is 29.0 Å². The summed E-state index contributed by atoms with van der Waals surface area (Å²) in [6.07, 6.45) is 9.65. The van der Waals surface area contributed by atoms with Gasteiger partial charge in [-0.3, -0.25) is 0 Å². The van der Waals surface area contributed by atoms with E-state index < -0.39 is 0 Å². The monoisotopic (exact) mass is 430 g/mol. The van der Waals surface area contributed by atoms with Gasteiger partial charge in [0.1, 0.15) is 5.75 Å². The lowest BCUT2D eigenvalue weighted by Crippen LogP contribution is -2.87. The number of aromatic hydroxyl groups is 1. The fourth-order valence-electron chi connectivity index (χ4n) is 4.18. The molecule has 1 aliphatic heterocycles. The van der Waals surface area contributed by atoms with Gasteiger partial charge in [-0.2, -0.15) is 15.0 Å². The van der Waals surface area contributed by atoms with Crippen LogP contribution in [0, 0.1) is 0 Å². The van der Waals surface area contributed by atoms with Crippen molar-refractivity contribution >= 4 is 38.1 Å². The van der Waals surface area contributed by atoms with Gasteiger partial charge in [0.15, 0.2) is 0 Å². The molecule has 1 atom stereocenters. The van der Waals surface area contributed by atoms with E-state index in [1.54, 1.807) is 6.07 Å². The summed E-state index contributed by atoms with van der Waals surface area (Å²) < 4.78 is 0. The van der Waals surface area contributed by atoms with Gasteiger partial charge < -0.3 is 26.4 Å². The van der Waals surface area contributed by atoms with Crippen molar-refractivity contribution in [3.63, 3.8) is 0 Å². The molecule has 2 heterocycles. The summed E-state index contributed by atoms with van der Waals surface area (Å²) >= 11 is 0. The predicted octanol–water partition coefficient (Wildman–Crippen LogP) is 2.09. The maximum atomic E-state index is 9.77. The molecule has 6 N–H and O–H groups in total. The molecule has 0 spiro atoms. The van der Waals surface area contributed by atoms with E-state index >= 15 is 0 Å². The Kier molecular flexibility index (Phi) is 7.18. The average molecular weight is 431 g/mol. The molecule has 162 valence electrons. The second-order valence-electron chi connectivity index (χ2n) is 8.32. The minimum Gasteiger partial charge on any atom is -0.507 e. The quantitative estimate of drug-likeness (QED) is 0.271. The highest BCUT2D eigenvalue weighted by molar-refractivity contribution is 7.27. The molecule has 8 nitrogen and oxygen atoms in total. The van der Waals surface area contributed by atoms with Crippen LogP contribution >= 0.6 is 9.24 Å². The number of rotatable bonds is 6. The number of phenols is 1. The zero-order valence-corrected chi connectivity index (χ0v) is 18.6. The standard InChI is InChI=1S/C21H32N7OP/c29-17-8-7-16(13-18(17)30)25-21-27-19(23-14-5-3-1-2-4-6-14)26-20(28-21)24-15-9-11-22-12-10-15/h7-8,13-15,22,29H,1-6,9-12,30H2,(H3,23,24,25,26,27,28)/p+1. The van der Waals surface area contributed by atoms with Crippen LogP contribution in [0.4, 0.5) is 23.5 Å². The Balaban J connectivity index is 1.54. The Morgan fingerprint density at radius 3 is 2.07 bits per heavy atom. The van der Waals surface area contributed by atoms with Crippen molar-refractivity contribution in [2.24, 2.45) is 0 Å². The topological polar surface area (TPSA) is 112 Å². The summed E-state index contributed by atoms with van der Waals surface area (Å²) in [7, 11) is 2.53. The minimum absolute atomic E-state index is 0.244. The van der Waals surface area contributed by atoms with Gasteiger partial charge >= 0.3 is 0 Å². The van der Waals surface area contributed by atoms with E-state index in [1.807, 2.05) is 12.1 Å². The molecule has 30 heavy (non-hydrogen) atoms. The van der Waals surface area contributed by atoms with Gasteiger partial charge in [0, 0.05) is 35.9 Å². The first-order chi connectivity index (χ1) is 14.7. The first-order valence-corrected chi connectivity index (χ1v) is 11.7. The Morgan fingerprint density at radius 2 is 1.43 bits per heavy atom. The molecule has 0 amide bonds. The Morgan fingerprint density at radius 1 is 0.833 bits per heavy atom. The molecule has 2 aromatic rings. The van der Waals surface area contributed by atoms with Crippen molar-refractivity contribution in [3.05, 3.63) is 18.2 Å². The van der Waals surface area contributed by atoms with E-state index in [2.05, 4.69) is 45.5 Å². The molecule has 1 unspecified atom stereocenters. The number of benzene rings is 1. The number of piperidine rings is 1. The van der Waals surface area contributed by atoms with Gasteiger partial charge in [-0.25, -0.2) is 0 Å². The van der Waals surface area contributed by atoms with Crippen LogP contribution in [0.25, 0.3) is 0 Å². The largest absolute Gasteiger partial charge is 0.507 e. The summed E-state index contributed by atoms with van der Waals surface area (Å²) in [6, 6.07) is 6.13. The number of nitrogens with one attached hydrogen (secondary N) is 3. The molecule has 2 aliphatic rings. The minimum atomic E-state index is 0.244. The third-order valence-corrected chi connectivity index (χ3v) is 6.34. The second kappa shape index (κ2) is 10.2. The third-order valence-electron chi connectivity index (χ3n) is 5.88. The van der Waals surface area contributed by atoms with Gasteiger partial charge in [-0.05, 0) is 31.0 Å². The summed E-state index contributed by atoms with van der Waals surface area (Å²) in [4.78, 5) is 13.9. The van der Waals surface area contributed by atoms with E-state index in [9.17, 15) is 5.11 Å². The van der Waals surface area contributed by atoms with Gasteiger partial charge in [-0.15, -0.1) is 9.24 Å². The van der Waals surface area contributed by atoms with Crippen molar-refractivity contribution in [3.8, 4) is 5.75 Å². The number of anilines is 4. The Labute approximate surface area is 180 Å². The molecular weight excluding hydrogens is 397 g/mol. The molecule has 0 bridgehead atoms. The predicted molar refractivity (Wildman–Crippen MR) is 124 cm³/mol. The SMILES string of the molecule is Oc1ccc(Nc2nc(NC3CCCCCC3)nc(NC3CC[NH2+]CC3)n2)cc1P. The van der Waals surface area contributed by atoms with Crippen LogP contribution in [0.3, 0.4) is 0 Å². The van der Waals surface area contributed by atoms with Crippen molar-refractivity contribution < 1.29 is 10.4 Å². The second-order valence-corrected chi connectivity index (χ2v) is 8.94. The fourth-order valence-corrected chi connectivity index (χ4v) is 4.46. The van der Waals surface area contributed by atoms with Gasteiger partial charge in [0.05, 0.1) is 13.1 Å². The third kappa shape index (κ3) is 5.92. The normalized spacial score (nSPS) is 18.6. The van der Waals surface area contributed by atoms with E-state index in [-0.39, 0.29) is 5.75 Å². The lowest BCUT2D eigenvalue weighted by Gasteiger charge is -2.22. The number of nitrogens with zero attached hydrogens (tertiary/aromatic N) is 3. The van der Waals surface area contributed by atoms with Crippen LogP contribution in [-0.2, 0) is 0 Å². The first kappa shape index (κ1) is 21.1. The molecule has 0 radical (unpaired) electrons. The molecule has 2 fully saturated rings. The highest BCUT2D eigenvalue weighted by atomic mass is 31.0. The van der Waals surface area contributed by atoms with Crippen LogP contribution in [-0.4, -0.2) is 45.2 Å². The highest BCUT2D eigenvalue weighted by Crippen LogP contribution is 2.23. The van der Waals surface area contributed by atoms with Gasteiger partial charge in [0.2, 0.25) is 17.8 Å². The summed E-state index contributed by atoms with van der Waals surface area (Å²) in [5, 5.41) is 23.2. The summed E-state index contributed by atoms with van der Waals surface area (Å²) in [5.41, 5.74) is 0.822. The van der Waals surface area contributed by atoms with E-state index in [0.29, 0.717) is 29.9 Å². The number of hydrogen-bond acceptors (Lipinski definition) is 7. The van der Waals surface area contributed by atoms with Gasteiger partial charge in [0.25, 0.3) is 0 Å². The van der Waals surface area contributed by atoms with Crippen molar-refractivity contribution in [2.45, 2.75) is 63.5 Å². The van der Waals surface area contributed by atoms with Crippen LogP contribution in [0.1, 0.15) is 51.4 Å². The van der Waals surface area contributed by atoms with E-state index in [4.69, 9.17) is 0 Å². The van der Waals surface area contributed by atoms with Crippen molar-refractivity contribution in [1.82, 2.24) is 15.0 Å². The molecular formula is C21H33N7OP+. The molecule has 9 heteroatoms. The summed E-state index contributed by atoms with van der Waals surface area (Å²) in [6.45, 7) is 2.26. The molecule has 1 aromatic carbocycles. The van der Waals surface area contributed by atoms with Crippen LogP contribution in [0.15, 0.2) is 18.2 Å². The maximum absolute atomic E-state index is 9.77. The van der Waals surface area contributed by atoms with Gasteiger partial charge in [-0.1, -0.05) is 25.7 Å².